The van der Waals surface area contributed by atoms with Crippen LogP contribution in [0.1, 0.15) is 25.3 Å². The second-order valence-corrected chi connectivity index (χ2v) is 3.91. The van der Waals surface area contributed by atoms with Gasteiger partial charge in [0.25, 0.3) is 5.89 Å². The molecule has 0 saturated carbocycles. The molecule has 20 heavy (non-hydrogen) atoms. The van der Waals surface area contributed by atoms with Crippen LogP contribution in [0, 0.1) is 29.1 Å². The number of halogens is 5. The second kappa shape index (κ2) is 5.16. The summed E-state index contributed by atoms with van der Waals surface area (Å²) in [5.74, 6) is -11.5. The molecule has 0 aliphatic carbocycles. The normalized spacial score (nSPS) is 12.8. The molecule has 9 heteroatoms. The van der Waals surface area contributed by atoms with Crippen molar-refractivity contribution in [3.05, 3.63) is 35.0 Å². The molecule has 1 heterocycles. The summed E-state index contributed by atoms with van der Waals surface area (Å²) >= 11 is 0. The van der Waals surface area contributed by atoms with Crippen molar-refractivity contribution in [1.82, 2.24) is 10.2 Å². The first kappa shape index (κ1) is 14.4. The summed E-state index contributed by atoms with van der Waals surface area (Å²) in [6, 6.07) is -0.697. The van der Waals surface area contributed by atoms with Crippen molar-refractivity contribution in [2.24, 2.45) is 5.73 Å². The Hall–Kier alpha value is -2.03. The van der Waals surface area contributed by atoms with Crippen LogP contribution in [0.4, 0.5) is 22.0 Å². The molecule has 0 amide bonds. The Balaban J connectivity index is 2.61. The number of hydrogen-bond donors (Lipinski definition) is 1. The maximum Gasteiger partial charge on any atom is 0.253 e. The zero-order valence-corrected chi connectivity index (χ0v) is 10.1. The first-order chi connectivity index (χ1) is 9.38. The molecule has 0 radical (unpaired) electrons. The molecule has 2 aromatic rings. The van der Waals surface area contributed by atoms with Crippen molar-refractivity contribution in [2.75, 3.05) is 0 Å². The van der Waals surface area contributed by atoms with E-state index in [0.29, 0.717) is 6.42 Å². The Labute approximate surface area is 109 Å². The third-order valence-electron chi connectivity index (χ3n) is 2.62. The highest BCUT2D eigenvalue weighted by molar-refractivity contribution is 5.55. The zero-order chi connectivity index (χ0) is 15.0. The average molecular weight is 293 g/mol. The Bertz CT molecular complexity index is 629. The first-order valence-electron chi connectivity index (χ1n) is 5.49. The van der Waals surface area contributed by atoms with Gasteiger partial charge < -0.3 is 10.2 Å². The SMILES string of the molecule is CCC(N)c1nnc(-c2c(F)c(F)c(F)c(F)c2F)o1. The molecule has 0 fully saturated rings. The molecule has 0 bridgehead atoms. The van der Waals surface area contributed by atoms with Crippen LogP contribution < -0.4 is 5.73 Å². The number of nitrogens with zero attached hydrogens (tertiary/aromatic N) is 2. The van der Waals surface area contributed by atoms with Crippen LogP contribution >= 0.6 is 0 Å². The lowest BCUT2D eigenvalue weighted by Gasteiger charge is -2.04. The molecule has 2 N–H and O–H groups in total. The van der Waals surface area contributed by atoms with Crippen molar-refractivity contribution in [2.45, 2.75) is 19.4 Å². The van der Waals surface area contributed by atoms with Crippen LogP contribution in [-0.4, -0.2) is 10.2 Å². The fraction of sp³-hybridized carbons (Fsp3) is 0.273. The van der Waals surface area contributed by atoms with E-state index in [0.717, 1.165) is 0 Å². The Kier molecular flexibility index (Phi) is 3.71. The van der Waals surface area contributed by atoms with E-state index in [9.17, 15) is 22.0 Å². The molecule has 1 atom stereocenters. The van der Waals surface area contributed by atoms with Gasteiger partial charge in [0.2, 0.25) is 11.7 Å². The van der Waals surface area contributed by atoms with E-state index in [1.165, 1.54) is 0 Å². The largest absolute Gasteiger partial charge is 0.419 e. The molecule has 1 aromatic carbocycles. The molecule has 1 unspecified atom stereocenters. The molecule has 4 nitrogen and oxygen atoms in total. The predicted molar refractivity (Wildman–Crippen MR) is 56.7 cm³/mol. The highest BCUT2D eigenvalue weighted by Crippen LogP contribution is 2.31. The fourth-order valence-corrected chi connectivity index (χ4v) is 1.45. The molecule has 2 rings (SSSR count). The highest BCUT2D eigenvalue weighted by atomic mass is 19.2. The maximum atomic E-state index is 13.5. The molecule has 0 saturated heterocycles. The lowest BCUT2D eigenvalue weighted by molar-refractivity contribution is 0.376. The second-order valence-electron chi connectivity index (χ2n) is 3.91. The van der Waals surface area contributed by atoms with E-state index in [2.05, 4.69) is 10.2 Å². The summed E-state index contributed by atoms with van der Waals surface area (Å²) in [6.07, 6.45) is 0.388. The maximum absolute atomic E-state index is 13.5. The number of benzene rings is 1. The topological polar surface area (TPSA) is 64.9 Å². The zero-order valence-electron chi connectivity index (χ0n) is 10.1. The quantitative estimate of drug-likeness (QED) is 0.537. The molecular formula is C11H8F5N3O. The molecule has 0 aliphatic heterocycles. The molecule has 0 aliphatic rings. The number of rotatable bonds is 3. The van der Waals surface area contributed by atoms with Crippen LogP contribution in [0.15, 0.2) is 4.42 Å². The minimum Gasteiger partial charge on any atom is -0.419 e. The van der Waals surface area contributed by atoms with Gasteiger partial charge in [0.15, 0.2) is 23.3 Å². The van der Waals surface area contributed by atoms with E-state index in [4.69, 9.17) is 10.2 Å². The molecule has 1 aromatic heterocycles. The van der Waals surface area contributed by atoms with Gasteiger partial charge in [0.1, 0.15) is 5.56 Å². The third kappa shape index (κ3) is 2.13. The van der Waals surface area contributed by atoms with Gasteiger partial charge in [-0.3, -0.25) is 0 Å². The van der Waals surface area contributed by atoms with Crippen molar-refractivity contribution < 1.29 is 26.4 Å². The number of hydrogen-bond acceptors (Lipinski definition) is 4. The van der Waals surface area contributed by atoms with Crippen molar-refractivity contribution in [3.8, 4) is 11.5 Å². The van der Waals surface area contributed by atoms with Gasteiger partial charge in [-0.15, -0.1) is 10.2 Å². The van der Waals surface area contributed by atoms with E-state index < -0.39 is 46.6 Å². The minimum absolute atomic E-state index is 0.161. The van der Waals surface area contributed by atoms with Gasteiger partial charge in [-0.2, -0.15) is 0 Å². The van der Waals surface area contributed by atoms with Gasteiger partial charge in [-0.25, -0.2) is 22.0 Å². The van der Waals surface area contributed by atoms with Crippen LogP contribution in [0.2, 0.25) is 0 Å². The summed E-state index contributed by atoms with van der Waals surface area (Å²) in [4.78, 5) is 0. The van der Waals surface area contributed by atoms with E-state index in [1.54, 1.807) is 6.92 Å². The van der Waals surface area contributed by atoms with E-state index in [-0.39, 0.29) is 5.89 Å². The van der Waals surface area contributed by atoms with Crippen LogP contribution in [0.3, 0.4) is 0 Å². The van der Waals surface area contributed by atoms with E-state index >= 15 is 0 Å². The van der Waals surface area contributed by atoms with Gasteiger partial charge >= 0.3 is 0 Å². The Morgan fingerprint density at radius 3 is 1.95 bits per heavy atom. The summed E-state index contributed by atoms with van der Waals surface area (Å²) in [6.45, 7) is 1.69. The monoisotopic (exact) mass is 293 g/mol. The predicted octanol–water partition coefficient (Wildman–Crippen LogP) is 2.84. The first-order valence-corrected chi connectivity index (χ1v) is 5.49. The van der Waals surface area contributed by atoms with Crippen LogP contribution in [-0.2, 0) is 0 Å². The lowest BCUT2D eigenvalue weighted by Crippen LogP contribution is -2.08. The average Bonchev–Trinajstić information content (AvgIpc) is 2.92. The van der Waals surface area contributed by atoms with Gasteiger partial charge in [-0.1, -0.05) is 6.92 Å². The molecule has 108 valence electrons. The Morgan fingerprint density at radius 2 is 1.45 bits per heavy atom. The van der Waals surface area contributed by atoms with Crippen LogP contribution in [0.25, 0.3) is 11.5 Å². The summed E-state index contributed by atoms with van der Waals surface area (Å²) in [5, 5.41) is 6.67. The smallest absolute Gasteiger partial charge is 0.253 e. The van der Waals surface area contributed by atoms with Gasteiger partial charge in [0.05, 0.1) is 6.04 Å². The van der Waals surface area contributed by atoms with E-state index in [1.807, 2.05) is 0 Å². The van der Waals surface area contributed by atoms with Gasteiger partial charge in [0, 0.05) is 0 Å². The minimum atomic E-state index is -2.26. The third-order valence-corrected chi connectivity index (χ3v) is 2.62. The van der Waals surface area contributed by atoms with Gasteiger partial charge in [-0.05, 0) is 6.42 Å². The summed E-state index contributed by atoms with van der Waals surface area (Å²) in [7, 11) is 0. The molecule has 0 spiro atoms. The standard InChI is InChI=1S/C11H8F5N3O/c1-2-3(17)10-18-19-11(20-10)4-5(12)7(14)9(16)8(15)6(4)13/h3H,2,17H2,1H3. The Morgan fingerprint density at radius 1 is 0.950 bits per heavy atom. The van der Waals surface area contributed by atoms with Crippen LogP contribution in [0.5, 0.6) is 0 Å². The highest BCUT2D eigenvalue weighted by Gasteiger charge is 2.30. The van der Waals surface area contributed by atoms with Crippen molar-refractivity contribution in [1.29, 1.82) is 0 Å². The summed E-state index contributed by atoms with van der Waals surface area (Å²) < 4.78 is 70.8. The summed E-state index contributed by atoms with van der Waals surface area (Å²) in [5.41, 5.74) is 4.28. The molecular weight excluding hydrogens is 285 g/mol. The fourth-order valence-electron chi connectivity index (χ4n) is 1.45. The number of aromatic nitrogens is 2. The van der Waals surface area contributed by atoms with Crippen molar-refractivity contribution >= 4 is 0 Å². The van der Waals surface area contributed by atoms with Crippen molar-refractivity contribution in [3.63, 3.8) is 0 Å². The number of nitrogens with two attached hydrogens (primary N) is 1. The lowest BCUT2D eigenvalue weighted by atomic mass is 10.1.